The number of nitrogens with zero attached hydrogens (tertiary/aromatic N) is 4. The Balaban J connectivity index is 1.99. The van der Waals surface area contributed by atoms with Crippen LogP contribution in [0.2, 0.25) is 0 Å². The van der Waals surface area contributed by atoms with Gasteiger partial charge in [-0.1, -0.05) is 57.7 Å². The smallest absolute Gasteiger partial charge is 0.230 e. The number of unbranched alkanes of at least 4 members (excludes halogenated alkanes) is 1. The minimum atomic E-state index is 0.123. The van der Waals surface area contributed by atoms with Crippen molar-refractivity contribution in [1.82, 2.24) is 25.0 Å². The number of hydrogen-bond acceptors (Lipinski definition) is 5. The number of carbonyl (C=O) groups is 1. The maximum Gasteiger partial charge on any atom is 0.230 e. The molecule has 1 aliphatic rings. The molecule has 7 heteroatoms. The number of rotatable bonds is 10. The van der Waals surface area contributed by atoms with Crippen LogP contribution in [-0.2, 0) is 11.3 Å². The van der Waals surface area contributed by atoms with Crippen LogP contribution in [0.1, 0.15) is 83.5 Å². The monoisotopic (exact) mass is 395 g/mol. The Hall–Kier alpha value is -1.08. The Kier molecular flexibility index (Phi) is 9.62. The van der Waals surface area contributed by atoms with Gasteiger partial charge in [0.15, 0.2) is 11.0 Å². The van der Waals surface area contributed by atoms with Gasteiger partial charge in [0.2, 0.25) is 5.91 Å². The van der Waals surface area contributed by atoms with Gasteiger partial charge in [0, 0.05) is 12.6 Å². The zero-order valence-corrected chi connectivity index (χ0v) is 18.4. The molecule has 154 valence electrons. The molecule has 1 heterocycles. The van der Waals surface area contributed by atoms with E-state index in [1.54, 1.807) is 0 Å². The molecule has 1 aromatic heterocycles. The van der Waals surface area contributed by atoms with Crippen LogP contribution in [0.15, 0.2) is 5.16 Å². The van der Waals surface area contributed by atoms with Gasteiger partial charge in [0.1, 0.15) is 0 Å². The van der Waals surface area contributed by atoms with Gasteiger partial charge >= 0.3 is 0 Å². The molecule has 1 aromatic rings. The van der Waals surface area contributed by atoms with Crippen molar-refractivity contribution in [2.45, 2.75) is 95.4 Å². The fraction of sp³-hybridized carbons (Fsp3) is 0.850. The minimum Gasteiger partial charge on any atom is -0.353 e. The zero-order valence-electron chi connectivity index (χ0n) is 17.5. The predicted octanol–water partition coefficient (Wildman–Crippen LogP) is 4.02. The largest absolute Gasteiger partial charge is 0.353 e. The topological polar surface area (TPSA) is 63.1 Å². The highest BCUT2D eigenvalue weighted by molar-refractivity contribution is 7.99. The van der Waals surface area contributed by atoms with E-state index in [1.807, 2.05) is 0 Å². The second-order valence-corrected chi connectivity index (χ2v) is 8.72. The number of carbonyl (C=O) groups excluding carboxylic acids is 1. The zero-order chi connectivity index (χ0) is 19.6. The summed E-state index contributed by atoms with van der Waals surface area (Å²) in [7, 11) is 4.17. The highest BCUT2D eigenvalue weighted by Gasteiger charge is 2.22. The maximum absolute atomic E-state index is 12.4. The summed E-state index contributed by atoms with van der Waals surface area (Å²) in [5.41, 5.74) is 0. The van der Waals surface area contributed by atoms with Crippen molar-refractivity contribution in [3.05, 3.63) is 5.82 Å². The lowest BCUT2D eigenvalue weighted by Gasteiger charge is -2.23. The van der Waals surface area contributed by atoms with Crippen molar-refractivity contribution in [3.63, 3.8) is 0 Å². The number of aromatic nitrogens is 3. The van der Waals surface area contributed by atoms with Crippen LogP contribution in [0, 0.1) is 0 Å². The number of thioether (sulfide) groups is 1. The third-order valence-corrected chi connectivity index (χ3v) is 6.31. The summed E-state index contributed by atoms with van der Waals surface area (Å²) in [5.74, 6) is 1.56. The summed E-state index contributed by atoms with van der Waals surface area (Å²) in [5, 5.41) is 13.0. The van der Waals surface area contributed by atoms with Crippen LogP contribution in [0.3, 0.4) is 0 Å². The molecule has 1 fully saturated rings. The molecular weight excluding hydrogens is 358 g/mol. The SMILES string of the molecule is CCCCn1c(SCC(=O)NC2CCCCCC2)nnc1C(CC)N(C)C. The molecule has 1 atom stereocenters. The van der Waals surface area contributed by atoms with Gasteiger partial charge in [0.05, 0.1) is 11.8 Å². The first-order valence-electron chi connectivity index (χ1n) is 10.6. The normalized spacial score (nSPS) is 17.1. The molecule has 1 saturated carbocycles. The summed E-state index contributed by atoms with van der Waals surface area (Å²) >= 11 is 1.52. The molecular formula is C20H37N5OS. The Morgan fingerprint density at radius 1 is 1.22 bits per heavy atom. The average molecular weight is 396 g/mol. The van der Waals surface area contributed by atoms with E-state index in [2.05, 4.69) is 52.9 Å². The lowest BCUT2D eigenvalue weighted by Crippen LogP contribution is -2.35. The molecule has 27 heavy (non-hydrogen) atoms. The Morgan fingerprint density at radius 3 is 2.52 bits per heavy atom. The van der Waals surface area contributed by atoms with E-state index in [-0.39, 0.29) is 11.9 Å². The molecule has 2 rings (SSSR count). The molecule has 0 radical (unpaired) electrons. The van der Waals surface area contributed by atoms with Gasteiger partial charge in [-0.15, -0.1) is 10.2 Å². The maximum atomic E-state index is 12.4. The van der Waals surface area contributed by atoms with Crippen LogP contribution >= 0.6 is 11.8 Å². The van der Waals surface area contributed by atoms with E-state index in [4.69, 9.17) is 0 Å². The third kappa shape index (κ3) is 6.79. The first-order valence-corrected chi connectivity index (χ1v) is 11.6. The number of hydrogen-bond donors (Lipinski definition) is 1. The van der Waals surface area contributed by atoms with Crippen molar-refractivity contribution in [2.75, 3.05) is 19.8 Å². The van der Waals surface area contributed by atoms with Gasteiger partial charge in [-0.05, 0) is 39.8 Å². The van der Waals surface area contributed by atoms with E-state index >= 15 is 0 Å². The summed E-state index contributed by atoms with van der Waals surface area (Å²) < 4.78 is 2.22. The first kappa shape index (κ1) is 22.2. The van der Waals surface area contributed by atoms with Gasteiger partial charge in [-0.3, -0.25) is 9.69 Å². The molecule has 1 aliphatic carbocycles. The van der Waals surface area contributed by atoms with Gasteiger partial charge < -0.3 is 9.88 Å². The fourth-order valence-corrected chi connectivity index (χ4v) is 4.56. The summed E-state index contributed by atoms with van der Waals surface area (Å²) in [4.78, 5) is 14.6. The molecule has 0 aliphatic heterocycles. The Bertz CT molecular complexity index is 567. The van der Waals surface area contributed by atoms with Gasteiger partial charge in [-0.25, -0.2) is 0 Å². The average Bonchev–Trinajstić information content (AvgIpc) is 2.85. The van der Waals surface area contributed by atoms with Crippen molar-refractivity contribution >= 4 is 17.7 Å². The fourth-order valence-electron chi connectivity index (χ4n) is 3.78. The van der Waals surface area contributed by atoms with Gasteiger partial charge in [0.25, 0.3) is 0 Å². The van der Waals surface area contributed by atoms with E-state index in [1.165, 1.54) is 37.4 Å². The molecule has 0 saturated heterocycles. The summed E-state index contributed by atoms with van der Waals surface area (Å²) in [6, 6.07) is 0.607. The quantitative estimate of drug-likeness (QED) is 0.479. The number of amides is 1. The highest BCUT2D eigenvalue weighted by Crippen LogP contribution is 2.26. The van der Waals surface area contributed by atoms with E-state index in [9.17, 15) is 4.79 Å². The van der Waals surface area contributed by atoms with E-state index in [0.29, 0.717) is 11.8 Å². The molecule has 1 unspecified atom stereocenters. The standard InChI is InChI=1S/C20H37N5OS/c1-5-7-14-25-19(17(6-2)24(3)4)22-23-20(25)27-15-18(26)21-16-12-10-8-9-11-13-16/h16-17H,5-15H2,1-4H3,(H,21,26). The molecule has 6 nitrogen and oxygen atoms in total. The van der Waals surface area contributed by atoms with Crippen LogP contribution < -0.4 is 5.32 Å². The second kappa shape index (κ2) is 11.7. The van der Waals surface area contributed by atoms with E-state index in [0.717, 1.165) is 49.6 Å². The first-order chi connectivity index (χ1) is 13.1. The lowest BCUT2D eigenvalue weighted by atomic mass is 10.1. The van der Waals surface area contributed by atoms with Crippen molar-refractivity contribution in [3.8, 4) is 0 Å². The van der Waals surface area contributed by atoms with Crippen LogP contribution in [0.25, 0.3) is 0 Å². The molecule has 0 aromatic carbocycles. The summed E-state index contributed by atoms with van der Waals surface area (Å²) in [6.45, 7) is 5.28. The predicted molar refractivity (Wildman–Crippen MR) is 112 cm³/mol. The highest BCUT2D eigenvalue weighted by atomic mass is 32.2. The second-order valence-electron chi connectivity index (χ2n) is 7.78. The van der Waals surface area contributed by atoms with Gasteiger partial charge in [-0.2, -0.15) is 0 Å². The van der Waals surface area contributed by atoms with Crippen molar-refractivity contribution in [2.24, 2.45) is 0 Å². The van der Waals surface area contributed by atoms with E-state index < -0.39 is 0 Å². The molecule has 0 spiro atoms. The molecule has 1 N–H and O–H groups in total. The van der Waals surface area contributed by atoms with Crippen LogP contribution in [0.5, 0.6) is 0 Å². The Morgan fingerprint density at radius 2 is 1.93 bits per heavy atom. The van der Waals surface area contributed by atoms with Crippen LogP contribution in [-0.4, -0.2) is 51.5 Å². The minimum absolute atomic E-state index is 0.123. The number of nitrogens with one attached hydrogen (secondary N) is 1. The van der Waals surface area contributed by atoms with Crippen LogP contribution in [0.4, 0.5) is 0 Å². The Labute approximate surface area is 168 Å². The third-order valence-electron chi connectivity index (χ3n) is 5.34. The molecule has 0 bridgehead atoms. The summed E-state index contributed by atoms with van der Waals surface area (Å²) in [6.07, 6.45) is 10.5. The molecule has 1 amide bonds. The van der Waals surface area contributed by atoms with Crippen molar-refractivity contribution < 1.29 is 4.79 Å². The lowest BCUT2D eigenvalue weighted by molar-refractivity contribution is -0.119. The van der Waals surface area contributed by atoms with Crippen molar-refractivity contribution in [1.29, 1.82) is 0 Å².